The molecule has 2 aromatic rings. The Hall–Kier alpha value is -2.82. The summed E-state index contributed by atoms with van der Waals surface area (Å²) in [6.07, 6.45) is 0. The molecule has 1 N–H and O–H groups in total. The van der Waals surface area contributed by atoms with Crippen molar-refractivity contribution < 1.29 is 14.0 Å². The Bertz CT molecular complexity index is 939. The molecule has 0 aliphatic carbocycles. The van der Waals surface area contributed by atoms with Crippen LogP contribution in [0.5, 0.6) is 0 Å². The van der Waals surface area contributed by atoms with Crippen LogP contribution in [-0.4, -0.2) is 54.3 Å². The number of furan rings is 1. The molecule has 0 spiro atoms. The van der Waals surface area contributed by atoms with E-state index in [1.54, 1.807) is 43.0 Å². The van der Waals surface area contributed by atoms with Gasteiger partial charge in [0.15, 0.2) is 0 Å². The van der Waals surface area contributed by atoms with Crippen molar-refractivity contribution in [3.8, 4) is 6.07 Å². The van der Waals surface area contributed by atoms with E-state index in [1.165, 1.54) is 0 Å². The summed E-state index contributed by atoms with van der Waals surface area (Å²) in [5.41, 5.74) is 1.56. The highest BCUT2D eigenvalue weighted by Gasteiger charge is 2.25. The van der Waals surface area contributed by atoms with E-state index >= 15 is 0 Å². The molecule has 0 atom stereocenters. The summed E-state index contributed by atoms with van der Waals surface area (Å²) in [4.78, 5) is 28.6. The molecule has 2 heterocycles. The summed E-state index contributed by atoms with van der Waals surface area (Å²) in [5, 5.41) is 12.3. The Labute approximate surface area is 168 Å². The number of hydrogen-bond donors (Lipinski definition) is 1. The van der Waals surface area contributed by atoms with Crippen molar-refractivity contribution >= 4 is 29.3 Å². The van der Waals surface area contributed by atoms with E-state index in [-0.39, 0.29) is 24.2 Å². The van der Waals surface area contributed by atoms with Crippen LogP contribution in [0.1, 0.15) is 27.2 Å². The molecule has 0 unspecified atom stereocenters. The number of anilines is 1. The average Bonchev–Trinajstić information content (AvgIpc) is 2.94. The van der Waals surface area contributed by atoms with Crippen molar-refractivity contribution in [3.63, 3.8) is 0 Å². The van der Waals surface area contributed by atoms with Gasteiger partial charge in [-0.15, -0.1) is 0 Å². The standard InChI is InChI=1S/C20H21ClN4O3/c1-13-14(2)28-19(16(13)11-22)23-18(26)12-24-7-9-25(10-8-24)20(27)15-5-3-4-6-17(15)21/h3-6H,7-10,12H2,1-2H3,(H,23,26). The monoisotopic (exact) mass is 400 g/mol. The predicted molar refractivity (Wildman–Crippen MR) is 105 cm³/mol. The van der Waals surface area contributed by atoms with Gasteiger partial charge in [-0.05, 0) is 26.0 Å². The number of hydrogen-bond acceptors (Lipinski definition) is 5. The van der Waals surface area contributed by atoms with Gasteiger partial charge in [0.2, 0.25) is 11.8 Å². The largest absolute Gasteiger partial charge is 0.444 e. The number of carbonyl (C=O) groups is 2. The molecular weight excluding hydrogens is 380 g/mol. The smallest absolute Gasteiger partial charge is 0.255 e. The fourth-order valence-electron chi connectivity index (χ4n) is 3.13. The van der Waals surface area contributed by atoms with Crippen LogP contribution in [0.15, 0.2) is 28.7 Å². The highest BCUT2D eigenvalue weighted by atomic mass is 35.5. The fourth-order valence-corrected chi connectivity index (χ4v) is 3.35. The first kappa shape index (κ1) is 19.9. The van der Waals surface area contributed by atoms with Crippen LogP contribution in [0.25, 0.3) is 0 Å². The second-order valence-electron chi connectivity index (χ2n) is 6.70. The average molecular weight is 401 g/mol. The molecule has 1 fully saturated rings. The summed E-state index contributed by atoms with van der Waals surface area (Å²) < 4.78 is 5.47. The SMILES string of the molecule is Cc1oc(NC(=O)CN2CCN(C(=O)c3ccccc3Cl)CC2)c(C#N)c1C. The third-order valence-electron chi connectivity index (χ3n) is 4.88. The highest BCUT2D eigenvalue weighted by Crippen LogP contribution is 2.25. The molecule has 28 heavy (non-hydrogen) atoms. The van der Waals surface area contributed by atoms with E-state index in [9.17, 15) is 14.9 Å². The third-order valence-corrected chi connectivity index (χ3v) is 5.21. The van der Waals surface area contributed by atoms with Crippen molar-refractivity contribution in [2.45, 2.75) is 13.8 Å². The minimum atomic E-state index is -0.254. The molecule has 146 valence electrons. The maximum atomic E-state index is 12.6. The normalized spacial score (nSPS) is 14.6. The second kappa shape index (κ2) is 8.46. The van der Waals surface area contributed by atoms with Crippen molar-refractivity contribution in [1.82, 2.24) is 9.80 Å². The summed E-state index contributed by atoms with van der Waals surface area (Å²) >= 11 is 6.11. The first-order valence-electron chi connectivity index (χ1n) is 8.96. The van der Waals surface area contributed by atoms with Gasteiger partial charge < -0.3 is 9.32 Å². The van der Waals surface area contributed by atoms with E-state index in [0.29, 0.717) is 48.1 Å². The summed E-state index contributed by atoms with van der Waals surface area (Å²) in [6, 6.07) is 9.04. The molecule has 0 saturated carbocycles. The molecule has 0 radical (unpaired) electrons. The molecule has 7 nitrogen and oxygen atoms in total. The van der Waals surface area contributed by atoms with Crippen molar-refractivity contribution in [1.29, 1.82) is 5.26 Å². The quantitative estimate of drug-likeness (QED) is 0.852. The maximum Gasteiger partial charge on any atom is 0.255 e. The molecule has 2 amide bonds. The minimum Gasteiger partial charge on any atom is -0.444 e. The number of halogens is 1. The number of nitrogens with zero attached hydrogens (tertiary/aromatic N) is 3. The fraction of sp³-hybridized carbons (Fsp3) is 0.350. The van der Waals surface area contributed by atoms with E-state index in [0.717, 1.165) is 5.56 Å². The van der Waals surface area contributed by atoms with Gasteiger partial charge in [0.25, 0.3) is 5.91 Å². The molecule has 0 bridgehead atoms. The predicted octanol–water partition coefficient (Wildman–Crippen LogP) is 2.82. The zero-order valence-corrected chi connectivity index (χ0v) is 16.5. The van der Waals surface area contributed by atoms with Crippen LogP contribution < -0.4 is 5.32 Å². The molecular formula is C20H21ClN4O3. The van der Waals surface area contributed by atoms with Gasteiger partial charge in [-0.2, -0.15) is 5.26 Å². The molecule has 1 aliphatic rings. The van der Waals surface area contributed by atoms with E-state index < -0.39 is 0 Å². The van der Waals surface area contributed by atoms with Gasteiger partial charge in [0, 0.05) is 31.7 Å². The van der Waals surface area contributed by atoms with E-state index in [2.05, 4.69) is 11.4 Å². The van der Waals surface area contributed by atoms with Crippen LogP contribution in [-0.2, 0) is 4.79 Å². The maximum absolute atomic E-state index is 12.6. The number of aryl methyl sites for hydroxylation is 1. The third kappa shape index (κ3) is 4.19. The number of amides is 2. The van der Waals surface area contributed by atoms with E-state index in [1.807, 2.05) is 4.90 Å². The zero-order valence-electron chi connectivity index (χ0n) is 15.8. The van der Waals surface area contributed by atoms with Gasteiger partial charge in [-0.1, -0.05) is 23.7 Å². The van der Waals surface area contributed by atoms with Gasteiger partial charge in [0.05, 0.1) is 17.1 Å². The first-order valence-corrected chi connectivity index (χ1v) is 9.34. The zero-order chi connectivity index (χ0) is 20.3. The van der Waals surface area contributed by atoms with Crippen molar-refractivity contribution in [2.75, 3.05) is 38.0 Å². The number of carbonyl (C=O) groups excluding carboxylic acids is 2. The van der Waals surface area contributed by atoms with Crippen LogP contribution in [0.4, 0.5) is 5.88 Å². The highest BCUT2D eigenvalue weighted by molar-refractivity contribution is 6.33. The lowest BCUT2D eigenvalue weighted by Gasteiger charge is -2.34. The molecule has 3 rings (SSSR count). The second-order valence-corrected chi connectivity index (χ2v) is 7.10. The van der Waals surface area contributed by atoms with Gasteiger partial charge in [-0.25, -0.2) is 0 Å². The van der Waals surface area contributed by atoms with Gasteiger partial charge in [-0.3, -0.25) is 19.8 Å². The molecule has 1 aromatic heterocycles. The van der Waals surface area contributed by atoms with Crippen LogP contribution in [0.2, 0.25) is 5.02 Å². The Morgan fingerprint density at radius 3 is 2.54 bits per heavy atom. The van der Waals surface area contributed by atoms with Crippen molar-refractivity contribution in [3.05, 3.63) is 51.7 Å². The van der Waals surface area contributed by atoms with Crippen LogP contribution in [0.3, 0.4) is 0 Å². The lowest BCUT2D eigenvalue weighted by Crippen LogP contribution is -2.50. The number of benzene rings is 1. The Kier molecular flexibility index (Phi) is 6.02. The van der Waals surface area contributed by atoms with Crippen LogP contribution >= 0.6 is 11.6 Å². The topological polar surface area (TPSA) is 89.6 Å². The van der Waals surface area contributed by atoms with E-state index in [4.69, 9.17) is 16.0 Å². The van der Waals surface area contributed by atoms with Crippen LogP contribution in [0, 0.1) is 25.2 Å². The molecule has 1 aliphatic heterocycles. The molecule has 1 aromatic carbocycles. The Balaban J connectivity index is 1.54. The number of nitrogens with one attached hydrogen (secondary N) is 1. The Morgan fingerprint density at radius 1 is 1.21 bits per heavy atom. The number of nitriles is 1. The first-order chi connectivity index (χ1) is 13.4. The van der Waals surface area contributed by atoms with Crippen molar-refractivity contribution in [2.24, 2.45) is 0 Å². The van der Waals surface area contributed by atoms with Gasteiger partial charge in [0.1, 0.15) is 17.4 Å². The number of rotatable bonds is 4. The lowest BCUT2D eigenvalue weighted by molar-refractivity contribution is -0.117. The summed E-state index contributed by atoms with van der Waals surface area (Å²) in [6.45, 7) is 5.87. The number of piperazine rings is 1. The Morgan fingerprint density at radius 2 is 1.89 bits per heavy atom. The molecule has 1 saturated heterocycles. The summed E-state index contributed by atoms with van der Waals surface area (Å²) in [7, 11) is 0. The summed E-state index contributed by atoms with van der Waals surface area (Å²) in [5.74, 6) is 0.444. The minimum absolute atomic E-state index is 0.102. The lowest BCUT2D eigenvalue weighted by atomic mass is 10.2. The molecule has 8 heteroatoms. The van der Waals surface area contributed by atoms with Gasteiger partial charge >= 0.3 is 0 Å².